The number of nitrogens with one attached hydrogen (secondary N) is 1. The molecule has 0 amide bonds. The van der Waals surface area contributed by atoms with E-state index in [0.717, 1.165) is 10.8 Å². The molecule has 1 fully saturated rings. The zero-order valence-corrected chi connectivity index (χ0v) is 8.85. The Bertz CT molecular complexity index is 562. The van der Waals surface area contributed by atoms with Gasteiger partial charge in [-0.15, -0.1) is 0 Å². The van der Waals surface area contributed by atoms with Crippen LogP contribution in [0.1, 0.15) is 12.6 Å². The normalized spacial score (nSPS) is 24.2. The van der Waals surface area contributed by atoms with E-state index in [-0.39, 0.29) is 13.0 Å². The molecule has 0 spiro atoms. The van der Waals surface area contributed by atoms with E-state index in [1.165, 1.54) is 0 Å². The van der Waals surface area contributed by atoms with E-state index in [1.807, 2.05) is 4.98 Å². The maximum Gasteiger partial charge on any atom is 0.330 e. The highest BCUT2D eigenvalue weighted by Gasteiger charge is 2.30. The third kappa shape index (κ3) is 2.06. The Morgan fingerprint density at radius 1 is 1.65 bits per heavy atom. The SMILES string of the molecule is C=C1CC(n2cc(F)c(=O)[nH]c2=O)OC1CO. The second-order valence-electron chi connectivity index (χ2n) is 3.77. The van der Waals surface area contributed by atoms with Gasteiger partial charge in [0.25, 0.3) is 5.56 Å². The number of rotatable bonds is 2. The van der Waals surface area contributed by atoms with Crippen LogP contribution in [0.2, 0.25) is 0 Å². The standard InChI is InChI=1S/C10H11FN2O4/c1-5-2-8(17-7(5)4-14)13-3-6(11)9(15)12-10(13)16/h3,7-8,14H,1-2,4H2,(H,12,15,16). The minimum atomic E-state index is -1.07. The number of aromatic amines is 1. The zero-order valence-electron chi connectivity index (χ0n) is 8.85. The van der Waals surface area contributed by atoms with E-state index in [1.54, 1.807) is 0 Å². The van der Waals surface area contributed by atoms with Gasteiger partial charge >= 0.3 is 5.69 Å². The Hall–Kier alpha value is -1.73. The first-order valence-electron chi connectivity index (χ1n) is 4.98. The van der Waals surface area contributed by atoms with Crippen molar-refractivity contribution in [2.45, 2.75) is 18.8 Å². The van der Waals surface area contributed by atoms with Crippen LogP contribution in [0.3, 0.4) is 0 Å². The van der Waals surface area contributed by atoms with Gasteiger partial charge in [-0.1, -0.05) is 6.58 Å². The molecule has 1 aliphatic rings. The smallest absolute Gasteiger partial charge is 0.330 e. The summed E-state index contributed by atoms with van der Waals surface area (Å²) in [4.78, 5) is 24.1. The van der Waals surface area contributed by atoms with Gasteiger partial charge < -0.3 is 9.84 Å². The molecule has 1 aliphatic heterocycles. The lowest BCUT2D eigenvalue weighted by Crippen LogP contribution is -2.34. The van der Waals surface area contributed by atoms with Gasteiger partial charge in [-0.3, -0.25) is 14.3 Å². The van der Waals surface area contributed by atoms with Gasteiger partial charge in [0.15, 0.2) is 0 Å². The van der Waals surface area contributed by atoms with Crippen molar-refractivity contribution >= 4 is 0 Å². The molecule has 2 atom stereocenters. The summed E-state index contributed by atoms with van der Waals surface area (Å²) in [5.41, 5.74) is -1.20. The van der Waals surface area contributed by atoms with Crippen LogP contribution in [0.25, 0.3) is 0 Å². The second-order valence-corrected chi connectivity index (χ2v) is 3.77. The molecule has 0 radical (unpaired) electrons. The molecule has 92 valence electrons. The topological polar surface area (TPSA) is 84.3 Å². The first-order chi connectivity index (χ1) is 8.02. The molecule has 0 aromatic carbocycles. The lowest BCUT2D eigenvalue weighted by atomic mass is 10.1. The molecule has 2 heterocycles. The van der Waals surface area contributed by atoms with Gasteiger partial charge in [-0.25, -0.2) is 4.79 Å². The van der Waals surface area contributed by atoms with Gasteiger partial charge in [0, 0.05) is 6.42 Å². The minimum Gasteiger partial charge on any atom is -0.393 e. The summed E-state index contributed by atoms with van der Waals surface area (Å²) in [5, 5.41) is 8.96. The third-order valence-electron chi connectivity index (χ3n) is 2.61. The first kappa shape index (κ1) is 11.7. The number of aromatic nitrogens is 2. The fourth-order valence-electron chi connectivity index (χ4n) is 1.70. The van der Waals surface area contributed by atoms with Crippen LogP contribution >= 0.6 is 0 Å². The van der Waals surface area contributed by atoms with E-state index < -0.39 is 29.4 Å². The molecular weight excluding hydrogens is 231 g/mol. The molecule has 1 aromatic heterocycles. The highest BCUT2D eigenvalue weighted by molar-refractivity contribution is 5.08. The van der Waals surface area contributed by atoms with E-state index in [0.29, 0.717) is 5.57 Å². The Balaban J connectivity index is 2.37. The van der Waals surface area contributed by atoms with Crippen LogP contribution in [0.4, 0.5) is 4.39 Å². The van der Waals surface area contributed by atoms with Gasteiger partial charge in [0.05, 0.1) is 12.8 Å². The minimum absolute atomic E-state index is 0.254. The fraction of sp³-hybridized carbons (Fsp3) is 0.400. The maximum atomic E-state index is 13.1. The van der Waals surface area contributed by atoms with Crippen molar-refractivity contribution in [2.75, 3.05) is 6.61 Å². The molecule has 2 N–H and O–H groups in total. The number of H-pyrrole nitrogens is 1. The summed E-state index contributed by atoms with van der Waals surface area (Å²) < 4.78 is 19.3. The molecule has 1 saturated heterocycles. The van der Waals surface area contributed by atoms with Crippen LogP contribution in [-0.2, 0) is 4.74 Å². The number of halogens is 1. The van der Waals surface area contributed by atoms with E-state index in [9.17, 15) is 14.0 Å². The van der Waals surface area contributed by atoms with Crippen molar-refractivity contribution in [3.05, 3.63) is 45.0 Å². The van der Waals surface area contributed by atoms with Crippen molar-refractivity contribution in [1.82, 2.24) is 9.55 Å². The Morgan fingerprint density at radius 3 is 2.94 bits per heavy atom. The van der Waals surface area contributed by atoms with E-state index in [4.69, 9.17) is 9.84 Å². The van der Waals surface area contributed by atoms with Crippen molar-refractivity contribution in [1.29, 1.82) is 0 Å². The third-order valence-corrected chi connectivity index (χ3v) is 2.61. The first-order valence-corrected chi connectivity index (χ1v) is 4.98. The zero-order chi connectivity index (χ0) is 12.6. The average molecular weight is 242 g/mol. The molecule has 0 bridgehead atoms. The van der Waals surface area contributed by atoms with Crippen LogP contribution in [0, 0.1) is 5.82 Å². The van der Waals surface area contributed by atoms with Crippen molar-refractivity contribution < 1.29 is 14.2 Å². The molecular formula is C10H11FN2O4. The number of nitrogens with zero attached hydrogens (tertiary/aromatic N) is 1. The molecule has 6 nitrogen and oxygen atoms in total. The lowest BCUT2D eigenvalue weighted by Gasteiger charge is -2.13. The van der Waals surface area contributed by atoms with Gasteiger partial charge in [-0.2, -0.15) is 4.39 Å². The quantitative estimate of drug-likeness (QED) is 0.685. The molecule has 0 saturated carbocycles. The second kappa shape index (κ2) is 4.27. The van der Waals surface area contributed by atoms with Crippen LogP contribution in [0.5, 0.6) is 0 Å². The van der Waals surface area contributed by atoms with Gasteiger partial charge in [0.2, 0.25) is 5.82 Å². The Kier molecular flexibility index (Phi) is 2.95. The van der Waals surface area contributed by atoms with E-state index >= 15 is 0 Å². The summed E-state index contributed by atoms with van der Waals surface area (Å²) in [7, 11) is 0. The molecule has 1 aromatic rings. The highest BCUT2D eigenvalue weighted by atomic mass is 19.1. The largest absolute Gasteiger partial charge is 0.393 e. The van der Waals surface area contributed by atoms with Gasteiger partial charge in [0.1, 0.15) is 12.3 Å². The molecule has 7 heteroatoms. The van der Waals surface area contributed by atoms with Crippen LogP contribution < -0.4 is 11.2 Å². The fourth-order valence-corrected chi connectivity index (χ4v) is 1.70. The average Bonchev–Trinajstić information content (AvgIpc) is 2.65. The monoisotopic (exact) mass is 242 g/mol. The molecule has 2 rings (SSSR count). The van der Waals surface area contributed by atoms with Crippen molar-refractivity contribution in [2.24, 2.45) is 0 Å². The molecule has 0 aliphatic carbocycles. The van der Waals surface area contributed by atoms with Crippen LogP contribution in [0.15, 0.2) is 27.9 Å². The number of aliphatic hydroxyl groups excluding tert-OH is 1. The predicted octanol–water partition coefficient (Wildman–Crippen LogP) is -0.488. The Labute approximate surface area is 95.0 Å². The molecule has 17 heavy (non-hydrogen) atoms. The van der Waals surface area contributed by atoms with Crippen molar-refractivity contribution in [3.63, 3.8) is 0 Å². The predicted molar refractivity (Wildman–Crippen MR) is 56.0 cm³/mol. The molecule has 2 unspecified atom stereocenters. The lowest BCUT2D eigenvalue weighted by molar-refractivity contribution is -0.0193. The Morgan fingerprint density at radius 2 is 2.35 bits per heavy atom. The summed E-state index contributed by atoms with van der Waals surface area (Å²) in [6, 6.07) is 0. The summed E-state index contributed by atoms with van der Waals surface area (Å²) in [6.45, 7) is 3.43. The number of hydrogen-bond donors (Lipinski definition) is 2. The van der Waals surface area contributed by atoms with Gasteiger partial charge in [-0.05, 0) is 5.57 Å². The maximum absolute atomic E-state index is 13.1. The number of aliphatic hydroxyl groups is 1. The van der Waals surface area contributed by atoms with Crippen LogP contribution in [-0.4, -0.2) is 27.4 Å². The summed E-state index contributed by atoms with van der Waals surface area (Å²) >= 11 is 0. The van der Waals surface area contributed by atoms with E-state index in [2.05, 4.69) is 6.58 Å². The highest BCUT2D eigenvalue weighted by Crippen LogP contribution is 2.30. The summed E-state index contributed by atoms with van der Waals surface area (Å²) in [5.74, 6) is -1.06. The summed E-state index contributed by atoms with van der Waals surface area (Å²) in [6.07, 6.45) is -0.240. The number of ether oxygens (including phenoxy) is 1. The van der Waals surface area contributed by atoms with Crippen molar-refractivity contribution in [3.8, 4) is 0 Å². The number of hydrogen-bond acceptors (Lipinski definition) is 4.